The lowest BCUT2D eigenvalue weighted by atomic mass is 9.85. The highest BCUT2D eigenvalue weighted by atomic mass is 16.3. The summed E-state index contributed by atoms with van der Waals surface area (Å²) in [5.74, 6) is 0. The van der Waals surface area contributed by atoms with Crippen molar-refractivity contribution in [3.05, 3.63) is 84.3 Å². The van der Waals surface area contributed by atoms with Gasteiger partial charge in [0.15, 0.2) is 0 Å². The van der Waals surface area contributed by atoms with Gasteiger partial charge in [-0.05, 0) is 53.6 Å². The summed E-state index contributed by atoms with van der Waals surface area (Å²) < 4.78 is 6.44. The predicted octanol–water partition coefficient (Wildman–Crippen LogP) is 8.31. The van der Waals surface area contributed by atoms with Gasteiger partial charge < -0.3 is 4.42 Å². The van der Waals surface area contributed by atoms with Crippen LogP contribution in [0, 0.1) is 0 Å². The first-order valence-electron chi connectivity index (χ1n) is 11.5. The van der Waals surface area contributed by atoms with Crippen LogP contribution in [-0.4, -0.2) is 9.97 Å². The van der Waals surface area contributed by atoms with Gasteiger partial charge in [0.1, 0.15) is 11.2 Å². The monoisotopic (exact) mass is 434 g/mol. The summed E-state index contributed by atoms with van der Waals surface area (Å²) in [6.07, 6.45) is 1.82. The lowest BCUT2D eigenvalue weighted by molar-refractivity contribution is 0.531. The average molecular weight is 435 g/mol. The van der Waals surface area contributed by atoms with Crippen molar-refractivity contribution in [3.63, 3.8) is 0 Å². The smallest absolute Gasteiger partial charge is 0.144 e. The van der Waals surface area contributed by atoms with Crippen LogP contribution in [0.15, 0.2) is 77.3 Å². The summed E-state index contributed by atoms with van der Waals surface area (Å²) in [5.41, 5.74) is 8.15. The van der Waals surface area contributed by atoms with Crippen LogP contribution in [0.2, 0.25) is 0 Å². The lowest BCUT2D eigenvalue weighted by Gasteiger charge is -2.25. The zero-order valence-electron chi connectivity index (χ0n) is 20.2. The average Bonchev–Trinajstić information content (AvgIpc) is 3.16. The first kappa shape index (κ1) is 21.4. The number of pyridine rings is 2. The molecule has 0 saturated carbocycles. The molecule has 5 aromatic rings. The number of rotatable bonds is 2. The van der Waals surface area contributed by atoms with Crippen LogP contribution in [0.25, 0.3) is 44.3 Å². The van der Waals surface area contributed by atoms with Crippen molar-refractivity contribution in [2.24, 2.45) is 0 Å². The number of benzene rings is 2. The second-order valence-corrected chi connectivity index (χ2v) is 10.8. The maximum absolute atomic E-state index is 6.44. The third-order valence-electron chi connectivity index (χ3n) is 6.14. The molecule has 0 aliphatic heterocycles. The van der Waals surface area contributed by atoms with E-state index in [-0.39, 0.29) is 10.8 Å². The minimum atomic E-state index is -0.0307. The van der Waals surface area contributed by atoms with Gasteiger partial charge >= 0.3 is 0 Å². The van der Waals surface area contributed by atoms with Crippen LogP contribution in [0.5, 0.6) is 0 Å². The Morgan fingerprint density at radius 1 is 0.667 bits per heavy atom. The molecule has 33 heavy (non-hydrogen) atoms. The lowest BCUT2D eigenvalue weighted by Crippen LogP contribution is -2.20. The predicted molar refractivity (Wildman–Crippen MR) is 138 cm³/mol. The number of furan rings is 1. The van der Waals surface area contributed by atoms with E-state index in [1.807, 2.05) is 24.4 Å². The minimum absolute atomic E-state index is 0.0307. The van der Waals surface area contributed by atoms with E-state index < -0.39 is 0 Å². The SMILES string of the molecule is CC(C)(C)c1cc(-c2ccc3c(c2)oc2c(-c4ccccn4)cccc23)cc(C(C)(C)C)n1. The molecule has 0 saturated heterocycles. The van der Waals surface area contributed by atoms with Gasteiger partial charge in [-0.15, -0.1) is 0 Å². The van der Waals surface area contributed by atoms with Crippen molar-refractivity contribution in [3.8, 4) is 22.4 Å². The van der Waals surface area contributed by atoms with Gasteiger partial charge in [0.25, 0.3) is 0 Å². The first-order chi connectivity index (χ1) is 15.6. The quantitative estimate of drug-likeness (QED) is 0.280. The number of hydrogen-bond acceptors (Lipinski definition) is 3. The first-order valence-corrected chi connectivity index (χ1v) is 11.5. The Bertz CT molecular complexity index is 1430. The van der Waals surface area contributed by atoms with E-state index in [4.69, 9.17) is 9.40 Å². The molecule has 0 aliphatic carbocycles. The number of para-hydroxylation sites is 1. The molecule has 2 aromatic carbocycles. The van der Waals surface area contributed by atoms with Crippen LogP contribution < -0.4 is 0 Å². The summed E-state index contributed by atoms with van der Waals surface area (Å²) >= 11 is 0. The van der Waals surface area contributed by atoms with E-state index in [0.717, 1.165) is 50.1 Å². The molecule has 0 atom stereocenters. The molecule has 3 nitrogen and oxygen atoms in total. The highest BCUT2D eigenvalue weighted by Gasteiger charge is 2.23. The van der Waals surface area contributed by atoms with Gasteiger partial charge in [-0.25, -0.2) is 0 Å². The zero-order chi connectivity index (χ0) is 23.4. The molecule has 0 amide bonds. The van der Waals surface area contributed by atoms with Crippen molar-refractivity contribution in [1.82, 2.24) is 9.97 Å². The van der Waals surface area contributed by atoms with E-state index in [2.05, 4.69) is 95.1 Å². The molecule has 0 fully saturated rings. The van der Waals surface area contributed by atoms with Crippen LogP contribution in [0.3, 0.4) is 0 Å². The highest BCUT2D eigenvalue weighted by Crippen LogP contribution is 2.38. The summed E-state index contributed by atoms with van der Waals surface area (Å²) in [5, 5.41) is 2.23. The Morgan fingerprint density at radius 2 is 1.39 bits per heavy atom. The van der Waals surface area contributed by atoms with Gasteiger partial charge in [-0.1, -0.05) is 65.8 Å². The Balaban J connectivity index is 1.70. The Labute approximate surface area is 195 Å². The Hall–Kier alpha value is -3.46. The van der Waals surface area contributed by atoms with E-state index in [9.17, 15) is 0 Å². The number of hydrogen-bond donors (Lipinski definition) is 0. The van der Waals surface area contributed by atoms with E-state index in [0.29, 0.717) is 0 Å². The topological polar surface area (TPSA) is 38.9 Å². The number of nitrogens with zero attached hydrogens (tertiary/aromatic N) is 2. The van der Waals surface area contributed by atoms with Crippen molar-refractivity contribution in [2.75, 3.05) is 0 Å². The maximum atomic E-state index is 6.44. The van der Waals surface area contributed by atoms with Crippen molar-refractivity contribution in [2.45, 2.75) is 52.4 Å². The van der Waals surface area contributed by atoms with Crippen molar-refractivity contribution < 1.29 is 4.42 Å². The molecule has 3 aromatic heterocycles. The minimum Gasteiger partial charge on any atom is -0.455 e. The molecule has 166 valence electrons. The summed E-state index contributed by atoms with van der Waals surface area (Å²) in [4.78, 5) is 9.55. The largest absolute Gasteiger partial charge is 0.455 e. The second kappa shape index (κ2) is 7.55. The third kappa shape index (κ3) is 3.93. The number of aromatic nitrogens is 2. The van der Waals surface area contributed by atoms with E-state index >= 15 is 0 Å². The van der Waals surface area contributed by atoms with Gasteiger partial charge in [0.2, 0.25) is 0 Å². The molecule has 5 rings (SSSR count). The molecule has 0 radical (unpaired) electrons. The summed E-state index contributed by atoms with van der Waals surface area (Å²) in [6.45, 7) is 13.3. The second-order valence-electron chi connectivity index (χ2n) is 10.8. The Morgan fingerprint density at radius 3 is 2.03 bits per heavy atom. The summed E-state index contributed by atoms with van der Waals surface area (Å²) in [7, 11) is 0. The maximum Gasteiger partial charge on any atom is 0.144 e. The normalized spacial score (nSPS) is 12.5. The highest BCUT2D eigenvalue weighted by molar-refractivity contribution is 6.10. The molecular formula is C30H30N2O. The zero-order valence-corrected chi connectivity index (χ0v) is 20.2. The molecule has 0 unspecified atom stereocenters. The van der Waals surface area contributed by atoms with Gasteiger partial charge in [0, 0.05) is 44.8 Å². The molecule has 3 heterocycles. The van der Waals surface area contributed by atoms with Gasteiger partial charge in [-0.3, -0.25) is 9.97 Å². The fraction of sp³-hybridized carbons (Fsp3) is 0.267. The molecule has 0 bridgehead atoms. The Kier molecular flexibility index (Phi) is 4.89. The van der Waals surface area contributed by atoms with Crippen molar-refractivity contribution >= 4 is 21.9 Å². The summed E-state index contributed by atoms with van der Waals surface area (Å²) in [6, 6.07) is 23.2. The van der Waals surface area contributed by atoms with Crippen LogP contribution in [0.4, 0.5) is 0 Å². The molecular weight excluding hydrogens is 404 g/mol. The fourth-order valence-corrected chi connectivity index (χ4v) is 4.17. The van der Waals surface area contributed by atoms with E-state index in [1.54, 1.807) is 0 Å². The van der Waals surface area contributed by atoms with E-state index in [1.165, 1.54) is 5.56 Å². The standard InChI is InChI=1S/C30H30N2O/c1-29(2,3)26-17-20(18-27(32-26)30(4,5)6)19-13-14-21-22-10-9-11-23(24-12-7-8-15-31-24)28(22)33-25(21)16-19/h7-18H,1-6H3. The fourth-order valence-electron chi connectivity index (χ4n) is 4.17. The molecule has 0 N–H and O–H groups in total. The van der Waals surface area contributed by atoms with Crippen LogP contribution >= 0.6 is 0 Å². The molecule has 3 heteroatoms. The molecule has 0 spiro atoms. The van der Waals surface area contributed by atoms with Crippen LogP contribution in [0.1, 0.15) is 52.9 Å². The van der Waals surface area contributed by atoms with Gasteiger partial charge in [0.05, 0.1) is 5.69 Å². The van der Waals surface area contributed by atoms with Crippen molar-refractivity contribution in [1.29, 1.82) is 0 Å². The molecule has 0 aliphatic rings. The number of fused-ring (bicyclic) bond motifs is 3. The van der Waals surface area contributed by atoms with Gasteiger partial charge in [-0.2, -0.15) is 0 Å². The third-order valence-corrected chi connectivity index (χ3v) is 6.14. The van der Waals surface area contributed by atoms with Crippen LogP contribution in [-0.2, 0) is 10.8 Å².